The van der Waals surface area contributed by atoms with Gasteiger partial charge < -0.3 is 0 Å². The predicted octanol–water partition coefficient (Wildman–Crippen LogP) is 8.52. The monoisotopic (exact) mass is 618 g/mol. The quantitative estimate of drug-likeness (QED) is 0.175. The molecule has 8 aromatic heterocycles. The minimum Gasteiger partial charge on any atom is -0.255 e. The molecule has 0 N–H and O–H groups in total. The second kappa shape index (κ2) is 12.9. The van der Waals surface area contributed by atoms with Crippen molar-refractivity contribution >= 4 is 0 Å². The van der Waals surface area contributed by atoms with Crippen LogP contribution in [0.4, 0.5) is 0 Å². The third-order valence-corrected chi connectivity index (χ3v) is 7.71. The third-order valence-electron chi connectivity index (χ3n) is 7.71. The zero-order valence-electron chi connectivity index (χ0n) is 25.6. The molecule has 0 saturated heterocycles. The fourth-order valence-corrected chi connectivity index (χ4v) is 5.42. The zero-order chi connectivity index (χ0) is 32.1. The van der Waals surface area contributed by atoms with Crippen LogP contribution < -0.4 is 0 Å². The Hall–Kier alpha value is -6.80. The Bertz CT molecular complexity index is 2160. The van der Waals surface area contributed by atoms with Crippen LogP contribution in [0, 0.1) is 0 Å². The normalized spacial score (nSPS) is 10.9. The summed E-state index contributed by atoms with van der Waals surface area (Å²) in [5.41, 5.74) is 10.7. The van der Waals surface area contributed by atoms with E-state index in [2.05, 4.69) is 19.9 Å². The maximum Gasteiger partial charge on any atom is 0.0901 e. The summed E-state index contributed by atoms with van der Waals surface area (Å²) in [6, 6.07) is 43.1. The molecule has 0 atom stereocenters. The maximum atomic E-state index is 5.10. The Morgan fingerprint density at radius 2 is 0.500 bits per heavy atom. The van der Waals surface area contributed by atoms with Crippen LogP contribution in [0.25, 0.3) is 79.5 Å². The average Bonchev–Trinajstić information content (AvgIpc) is 3.19. The second-order valence-corrected chi connectivity index (χ2v) is 10.9. The molecule has 0 amide bonds. The van der Waals surface area contributed by atoms with Crippen molar-refractivity contribution in [2.75, 3.05) is 0 Å². The van der Waals surface area contributed by atoms with E-state index in [1.807, 2.05) is 133 Å². The first-order valence-electron chi connectivity index (χ1n) is 15.4. The Labute approximate surface area is 277 Å². The van der Waals surface area contributed by atoms with Crippen LogP contribution in [0.15, 0.2) is 158 Å². The van der Waals surface area contributed by atoms with Gasteiger partial charge in [-0.1, -0.05) is 36.4 Å². The highest BCUT2D eigenvalue weighted by molar-refractivity contribution is 5.78. The molecule has 226 valence electrons. The molecule has 0 aliphatic heterocycles. The Morgan fingerprint density at radius 3 is 0.833 bits per heavy atom. The van der Waals surface area contributed by atoms with Gasteiger partial charge in [-0.15, -0.1) is 0 Å². The minimum absolute atomic E-state index is 0.665. The molecule has 0 fully saturated rings. The topological polar surface area (TPSA) is 103 Å². The van der Waals surface area contributed by atoms with Gasteiger partial charge in [0.25, 0.3) is 0 Å². The molecule has 0 bridgehead atoms. The summed E-state index contributed by atoms with van der Waals surface area (Å²) in [5.74, 6) is 0. The Kier molecular flexibility index (Phi) is 7.70. The van der Waals surface area contributed by atoms with Gasteiger partial charge in [0.05, 0.1) is 68.3 Å². The van der Waals surface area contributed by atoms with Crippen LogP contribution in [-0.4, -0.2) is 39.9 Å². The Morgan fingerprint density at radius 1 is 0.229 bits per heavy atom. The van der Waals surface area contributed by atoms with Crippen molar-refractivity contribution in [3.8, 4) is 79.5 Å². The van der Waals surface area contributed by atoms with Gasteiger partial charge in [0, 0.05) is 35.9 Å². The van der Waals surface area contributed by atoms with Gasteiger partial charge in [0.2, 0.25) is 0 Å². The number of hydrogen-bond acceptors (Lipinski definition) is 8. The fraction of sp³-hybridized carbons (Fsp3) is 0. The summed E-state index contributed by atoms with van der Waals surface area (Å²) < 4.78 is 0. The third kappa shape index (κ3) is 6.05. The SMILES string of the molecule is c1ccc(-c2cccc(-c3cc(-c4ccccn4)nc(-c4cc(-c5cccc(-c6ccccn6)n5)cc(-c5ccccn5)n4)c3)n2)nc1. The highest BCUT2D eigenvalue weighted by atomic mass is 14.9. The molecule has 0 aromatic carbocycles. The zero-order valence-corrected chi connectivity index (χ0v) is 25.6. The number of rotatable bonds is 7. The fourth-order valence-electron chi connectivity index (χ4n) is 5.42. The lowest BCUT2D eigenvalue weighted by Crippen LogP contribution is -1.98. The van der Waals surface area contributed by atoms with E-state index in [-0.39, 0.29) is 0 Å². The van der Waals surface area contributed by atoms with E-state index >= 15 is 0 Å². The molecule has 8 aromatic rings. The molecule has 0 aliphatic rings. The lowest BCUT2D eigenvalue weighted by molar-refractivity contribution is 1.19. The van der Waals surface area contributed by atoms with Crippen molar-refractivity contribution in [3.63, 3.8) is 0 Å². The first-order valence-corrected chi connectivity index (χ1v) is 15.4. The first-order chi connectivity index (χ1) is 23.8. The number of aromatic nitrogens is 8. The van der Waals surface area contributed by atoms with Crippen LogP contribution in [0.5, 0.6) is 0 Å². The summed E-state index contributed by atoms with van der Waals surface area (Å²) >= 11 is 0. The number of pyridine rings is 8. The van der Waals surface area contributed by atoms with Crippen LogP contribution >= 0.6 is 0 Å². The van der Waals surface area contributed by atoms with Crippen molar-refractivity contribution in [2.24, 2.45) is 0 Å². The molecule has 8 nitrogen and oxygen atoms in total. The first kappa shape index (κ1) is 28.7. The lowest BCUT2D eigenvalue weighted by atomic mass is 10.0. The van der Waals surface area contributed by atoms with E-state index in [0.717, 1.165) is 56.7 Å². The maximum absolute atomic E-state index is 5.10. The molecule has 0 unspecified atom stereocenters. The molecule has 8 heterocycles. The Balaban J connectivity index is 1.31. The second-order valence-electron chi connectivity index (χ2n) is 10.9. The van der Waals surface area contributed by atoms with Crippen LogP contribution in [0.2, 0.25) is 0 Å². The van der Waals surface area contributed by atoms with Crippen molar-refractivity contribution in [1.29, 1.82) is 0 Å². The van der Waals surface area contributed by atoms with Crippen molar-refractivity contribution in [3.05, 3.63) is 158 Å². The predicted molar refractivity (Wildman–Crippen MR) is 187 cm³/mol. The molecule has 0 radical (unpaired) electrons. The van der Waals surface area contributed by atoms with Gasteiger partial charge in [-0.25, -0.2) is 19.9 Å². The summed E-state index contributed by atoms with van der Waals surface area (Å²) in [6.45, 7) is 0. The number of hydrogen-bond donors (Lipinski definition) is 0. The smallest absolute Gasteiger partial charge is 0.0901 e. The molecule has 0 saturated carbocycles. The summed E-state index contributed by atoms with van der Waals surface area (Å²) in [7, 11) is 0. The van der Waals surface area contributed by atoms with Crippen LogP contribution in [0.3, 0.4) is 0 Å². The van der Waals surface area contributed by atoms with Crippen molar-refractivity contribution < 1.29 is 0 Å². The van der Waals surface area contributed by atoms with E-state index in [1.54, 1.807) is 24.8 Å². The largest absolute Gasteiger partial charge is 0.255 e. The molecule has 0 aliphatic carbocycles. The van der Waals surface area contributed by atoms with Crippen LogP contribution in [-0.2, 0) is 0 Å². The average molecular weight is 619 g/mol. The van der Waals surface area contributed by atoms with Crippen LogP contribution in [0.1, 0.15) is 0 Å². The van der Waals surface area contributed by atoms with E-state index in [9.17, 15) is 0 Å². The van der Waals surface area contributed by atoms with E-state index in [1.165, 1.54) is 0 Å². The van der Waals surface area contributed by atoms with Gasteiger partial charge in [0.1, 0.15) is 0 Å². The molecule has 48 heavy (non-hydrogen) atoms. The van der Waals surface area contributed by atoms with Crippen molar-refractivity contribution in [2.45, 2.75) is 0 Å². The summed E-state index contributed by atoms with van der Waals surface area (Å²) in [6.07, 6.45) is 7.07. The van der Waals surface area contributed by atoms with Gasteiger partial charge in [-0.05, 0) is 97.1 Å². The molecular weight excluding hydrogens is 592 g/mol. The van der Waals surface area contributed by atoms with Gasteiger partial charge >= 0.3 is 0 Å². The summed E-state index contributed by atoms with van der Waals surface area (Å²) in [5, 5.41) is 0. The van der Waals surface area contributed by atoms with E-state index in [4.69, 9.17) is 19.9 Å². The molecule has 8 heteroatoms. The lowest BCUT2D eigenvalue weighted by Gasteiger charge is -2.13. The van der Waals surface area contributed by atoms with Gasteiger partial charge in [-0.2, -0.15) is 0 Å². The van der Waals surface area contributed by atoms with Gasteiger partial charge in [-0.3, -0.25) is 19.9 Å². The van der Waals surface area contributed by atoms with E-state index < -0.39 is 0 Å². The molecule has 8 rings (SSSR count). The van der Waals surface area contributed by atoms with Crippen molar-refractivity contribution in [1.82, 2.24) is 39.9 Å². The highest BCUT2D eigenvalue weighted by Crippen LogP contribution is 2.33. The highest BCUT2D eigenvalue weighted by Gasteiger charge is 2.16. The molecule has 0 spiro atoms. The summed E-state index contributed by atoms with van der Waals surface area (Å²) in [4.78, 5) is 38.4. The minimum atomic E-state index is 0.665. The molecular formula is C40H26N8. The van der Waals surface area contributed by atoms with E-state index in [0.29, 0.717) is 22.8 Å². The van der Waals surface area contributed by atoms with Gasteiger partial charge in [0.15, 0.2) is 0 Å². The standard InChI is InChI=1S/C40H26N8/c1-5-19-41-31(11-1)35-17-9-15-29(45-35)27-23-37(33-13-3-7-21-43-33)47-39(25-27)40-26-28(24-38(48-40)34-14-4-8-22-44-34)30-16-10-18-36(46-30)32-12-2-6-20-42-32/h1-26H. The number of nitrogens with zero attached hydrogens (tertiary/aromatic N) is 8.